The lowest BCUT2D eigenvalue weighted by Gasteiger charge is -2.21. The molecule has 0 aliphatic rings. The normalized spacial score (nSPS) is 12.7. The molecule has 0 fully saturated rings. The van der Waals surface area contributed by atoms with E-state index in [9.17, 15) is 0 Å². The third-order valence-corrected chi connectivity index (χ3v) is 3.42. The molecule has 2 aromatic heterocycles. The highest BCUT2D eigenvalue weighted by Crippen LogP contribution is 2.16. The molecule has 2 aromatic rings. The van der Waals surface area contributed by atoms with Crippen molar-refractivity contribution < 1.29 is 0 Å². The van der Waals surface area contributed by atoms with E-state index in [1.54, 1.807) is 6.20 Å². The Labute approximate surface area is 114 Å². The third kappa shape index (κ3) is 3.13. The average Bonchev–Trinajstić information content (AvgIpc) is 2.82. The van der Waals surface area contributed by atoms with Gasteiger partial charge < -0.3 is 5.32 Å². The van der Waals surface area contributed by atoms with Gasteiger partial charge in [0.15, 0.2) is 0 Å². The van der Waals surface area contributed by atoms with Gasteiger partial charge in [-0.15, -0.1) is 0 Å². The van der Waals surface area contributed by atoms with Crippen molar-refractivity contribution in [3.8, 4) is 5.82 Å². The smallest absolute Gasteiger partial charge is 0.138 e. The van der Waals surface area contributed by atoms with E-state index < -0.39 is 0 Å². The van der Waals surface area contributed by atoms with Crippen LogP contribution >= 0.6 is 0 Å². The number of imidazole rings is 1. The Balaban J connectivity index is 2.13. The summed E-state index contributed by atoms with van der Waals surface area (Å²) in [6.07, 6.45) is 6.71. The van der Waals surface area contributed by atoms with Crippen molar-refractivity contribution in [3.05, 3.63) is 36.5 Å². The van der Waals surface area contributed by atoms with E-state index >= 15 is 0 Å². The third-order valence-electron chi connectivity index (χ3n) is 3.42. The first kappa shape index (κ1) is 13.6. The first-order valence-electron chi connectivity index (χ1n) is 6.84. The molecular weight excluding hydrogens is 236 g/mol. The topological polar surface area (TPSA) is 42.7 Å². The molecule has 2 rings (SSSR count). The molecule has 0 aliphatic heterocycles. The molecule has 1 N–H and O–H groups in total. The Bertz CT molecular complexity index is 513. The zero-order valence-electron chi connectivity index (χ0n) is 12.1. The van der Waals surface area contributed by atoms with Crippen LogP contribution in [0.2, 0.25) is 0 Å². The number of hydrogen-bond acceptors (Lipinski definition) is 3. The van der Waals surface area contributed by atoms with Crippen molar-refractivity contribution in [2.75, 3.05) is 5.32 Å². The van der Waals surface area contributed by atoms with Crippen LogP contribution in [-0.2, 0) is 0 Å². The van der Waals surface area contributed by atoms with Crippen molar-refractivity contribution in [1.29, 1.82) is 0 Å². The molecule has 19 heavy (non-hydrogen) atoms. The predicted octanol–water partition coefficient (Wildman–Crippen LogP) is 3.42. The van der Waals surface area contributed by atoms with E-state index in [4.69, 9.17) is 0 Å². The van der Waals surface area contributed by atoms with Crippen LogP contribution in [0.5, 0.6) is 0 Å². The summed E-state index contributed by atoms with van der Waals surface area (Å²) < 4.78 is 1.98. The number of nitrogens with one attached hydrogen (secondary N) is 1. The molecule has 0 amide bonds. The maximum absolute atomic E-state index is 4.49. The molecule has 4 nitrogen and oxygen atoms in total. The van der Waals surface area contributed by atoms with Crippen LogP contribution in [0, 0.1) is 12.8 Å². The molecule has 1 unspecified atom stereocenters. The number of nitrogens with zero attached hydrogens (tertiary/aromatic N) is 3. The molecule has 1 atom stereocenters. The van der Waals surface area contributed by atoms with E-state index in [2.05, 4.69) is 42.1 Å². The van der Waals surface area contributed by atoms with Crippen molar-refractivity contribution in [2.45, 2.75) is 40.2 Å². The number of aromatic nitrogens is 3. The fraction of sp³-hybridized carbons (Fsp3) is 0.467. The van der Waals surface area contributed by atoms with Gasteiger partial charge in [0.1, 0.15) is 11.6 Å². The van der Waals surface area contributed by atoms with Crippen molar-refractivity contribution in [3.63, 3.8) is 0 Å². The molecule has 0 bridgehead atoms. The van der Waals surface area contributed by atoms with Gasteiger partial charge in [-0.3, -0.25) is 4.57 Å². The first-order chi connectivity index (χ1) is 9.11. The van der Waals surface area contributed by atoms with Gasteiger partial charge in [0, 0.05) is 18.4 Å². The van der Waals surface area contributed by atoms with Crippen LogP contribution in [0.25, 0.3) is 5.82 Å². The molecule has 0 radical (unpaired) electrons. The fourth-order valence-corrected chi connectivity index (χ4v) is 2.19. The van der Waals surface area contributed by atoms with E-state index in [1.807, 2.05) is 30.0 Å². The minimum atomic E-state index is 0.489. The number of hydrogen-bond donors (Lipinski definition) is 1. The van der Waals surface area contributed by atoms with Crippen molar-refractivity contribution in [2.24, 2.45) is 5.92 Å². The predicted molar refractivity (Wildman–Crippen MR) is 78.6 cm³/mol. The second-order valence-electron chi connectivity index (χ2n) is 5.15. The molecule has 0 saturated heterocycles. The van der Waals surface area contributed by atoms with E-state index in [-0.39, 0.29) is 0 Å². The summed E-state index contributed by atoms with van der Waals surface area (Å²) in [7, 11) is 0. The van der Waals surface area contributed by atoms with Crippen LogP contribution < -0.4 is 5.32 Å². The van der Waals surface area contributed by atoms with Gasteiger partial charge in [-0.25, -0.2) is 9.97 Å². The second-order valence-corrected chi connectivity index (χ2v) is 5.15. The Kier molecular flexibility index (Phi) is 4.20. The number of rotatable bonds is 5. The van der Waals surface area contributed by atoms with Crippen molar-refractivity contribution >= 4 is 5.69 Å². The Morgan fingerprint density at radius 2 is 2.05 bits per heavy atom. The molecule has 2 heterocycles. The maximum Gasteiger partial charge on any atom is 0.138 e. The minimum Gasteiger partial charge on any atom is -0.381 e. The zero-order valence-corrected chi connectivity index (χ0v) is 12.1. The average molecular weight is 258 g/mol. The highest BCUT2D eigenvalue weighted by molar-refractivity contribution is 5.44. The molecule has 0 aliphatic carbocycles. The lowest BCUT2D eigenvalue weighted by Crippen LogP contribution is -2.24. The van der Waals surface area contributed by atoms with Crippen LogP contribution in [-0.4, -0.2) is 20.6 Å². The number of anilines is 1. The quantitative estimate of drug-likeness (QED) is 0.893. The highest BCUT2D eigenvalue weighted by atomic mass is 15.1. The summed E-state index contributed by atoms with van der Waals surface area (Å²) in [5.74, 6) is 2.46. The van der Waals surface area contributed by atoms with Gasteiger partial charge in [0.25, 0.3) is 0 Å². The minimum absolute atomic E-state index is 0.489. The van der Waals surface area contributed by atoms with Gasteiger partial charge in [-0.05, 0) is 31.4 Å². The van der Waals surface area contributed by atoms with E-state index in [0.717, 1.165) is 23.8 Å². The fourth-order valence-electron chi connectivity index (χ4n) is 2.19. The van der Waals surface area contributed by atoms with Crippen LogP contribution in [0.15, 0.2) is 30.7 Å². The van der Waals surface area contributed by atoms with Crippen LogP contribution in [0.1, 0.15) is 33.0 Å². The second kappa shape index (κ2) is 5.87. The summed E-state index contributed by atoms with van der Waals surface area (Å²) >= 11 is 0. The Hall–Kier alpha value is -1.84. The standard InChI is InChI=1S/C15H22N4/c1-5-14(11(2)3)18-13-6-7-15(17-10-13)19-9-8-16-12(19)4/h6-11,14,18H,5H2,1-4H3. The maximum atomic E-state index is 4.49. The monoisotopic (exact) mass is 258 g/mol. The van der Waals surface area contributed by atoms with E-state index in [1.165, 1.54) is 0 Å². The zero-order chi connectivity index (χ0) is 13.8. The molecule has 0 aromatic carbocycles. The summed E-state index contributed by atoms with van der Waals surface area (Å²) in [6, 6.07) is 4.58. The van der Waals surface area contributed by atoms with Crippen molar-refractivity contribution in [1.82, 2.24) is 14.5 Å². The first-order valence-corrected chi connectivity index (χ1v) is 6.84. The Morgan fingerprint density at radius 1 is 1.26 bits per heavy atom. The molecule has 4 heteroatoms. The summed E-state index contributed by atoms with van der Waals surface area (Å²) in [5, 5.41) is 3.53. The lowest BCUT2D eigenvalue weighted by molar-refractivity contribution is 0.511. The van der Waals surface area contributed by atoms with Gasteiger partial charge in [-0.1, -0.05) is 20.8 Å². The van der Waals surface area contributed by atoms with Gasteiger partial charge >= 0.3 is 0 Å². The number of pyridine rings is 1. The van der Waals surface area contributed by atoms with E-state index in [0.29, 0.717) is 12.0 Å². The largest absolute Gasteiger partial charge is 0.381 e. The molecular formula is C15H22N4. The van der Waals surface area contributed by atoms with Crippen LogP contribution in [0.3, 0.4) is 0 Å². The Morgan fingerprint density at radius 3 is 2.53 bits per heavy atom. The molecule has 0 saturated carbocycles. The lowest BCUT2D eigenvalue weighted by atomic mass is 10.0. The molecule has 102 valence electrons. The summed E-state index contributed by atoms with van der Waals surface area (Å²) in [6.45, 7) is 8.64. The van der Waals surface area contributed by atoms with Gasteiger partial charge in [-0.2, -0.15) is 0 Å². The number of aryl methyl sites for hydroxylation is 1. The van der Waals surface area contributed by atoms with Crippen LogP contribution in [0.4, 0.5) is 5.69 Å². The summed E-state index contributed by atoms with van der Waals surface area (Å²) in [4.78, 5) is 8.70. The van der Waals surface area contributed by atoms with Gasteiger partial charge in [0.2, 0.25) is 0 Å². The molecule has 0 spiro atoms. The highest BCUT2D eigenvalue weighted by Gasteiger charge is 2.10. The SMILES string of the molecule is CCC(Nc1ccc(-n2ccnc2C)nc1)C(C)C. The summed E-state index contributed by atoms with van der Waals surface area (Å²) in [5.41, 5.74) is 1.07. The van der Waals surface area contributed by atoms with Gasteiger partial charge in [0.05, 0.1) is 11.9 Å².